The molecule has 1 heterocycles. The van der Waals surface area contributed by atoms with E-state index in [-0.39, 0.29) is 28.7 Å². The molecule has 8 nitrogen and oxygen atoms in total. The molecule has 0 unspecified atom stereocenters. The maximum Gasteiger partial charge on any atom is 0.310 e. The monoisotopic (exact) mass is 475 g/mol. The van der Waals surface area contributed by atoms with E-state index in [1.165, 1.54) is 11.8 Å². The lowest BCUT2D eigenvalue weighted by molar-refractivity contribution is -0.118. The lowest BCUT2D eigenvalue weighted by Gasteiger charge is -2.13. The number of primary amides is 1. The van der Waals surface area contributed by atoms with Crippen LogP contribution in [0.15, 0.2) is 64.5 Å². The highest BCUT2D eigenvalue weighted by Gasteiger charge is 2.16. The lowest BCUT2D eigenvalue weighted by Crippen LogP contribution is -2.24. The number of hydrogen-bond donors (Lipinski definition) is 1. The van der Waals surface area contributed by atoms with E-state index in [1.807, 2.05) is 0 Å². The zero-order valence-electron chi connectivity index (χ0n) is 17.5. The number of nitrogens with zero attached hydrogens (tertiary/aromatic N) is 2. The second-order valence-corrected chi connectivity index (χ2v) is 9.90. The molecule has 32 heavy (non-hydrogen) atoms. The van der Waals surface area contributed by atoms with Crippen molar-refractivity contribution in [1.29, 1.82) is 0 Å². The first kappa shape index (κ1) is 23.8. The number of thioether (sulfide) groups is 1. The summed E-state index contributed by atoms with van der Waals surface area (Å²) in [5.74, 6) is -0.130. The molecule has 0 aliphatic rings. The molecule has 0 saturated heterocycles. The molecule has 2 N–H and O–H groups in total. The Hall–Kier alpha value is -2.85. The van der Waals surface area contributed by atoms with Gasteiger partial charge in [0.15, 0.2) is 5.16 Å². The third kappa shape index (κ3) is 6.83. The zero-order chi connectivity index (χ0) is 23.0. The number of fused-ring (bicyclic) bond motifs is 1. The Bertz CT molecular complexity index is 1230. The van der Waals surface area contributed by atoms with Gasteiger partial charge >= 0.3 is 10.1 Å². The summed E-state index contributed by atoms with van der Waals surface area (Å²) < 4.78 is 31.3. The Balaban J connectivity index is 1.71. The van der Waals surface area contributed by atoms with E-state index in [0.29, 0.717) is 41.9 Å². The predicted molar refractivity (Wildman–Crippen MR) is 125 cm³/mol. The lowest BCUT2D eigenvalue weighted by atomic mass is 10.2. The van der Waals surface area contributed by atoms with Gasteiger partial charge < -0.3 is 9.92 Å². The van der Waals surface area contributed by atoms with Gasteiger partial charge in [0, 0.05) is 18.7 Å². The zero-order valence-corrected chi connectivity index (χ0v) is 19.1. The number of nitrogens with two attached hydrogens (primary N) is 1. The SMILES string of the molecule is NC(=O)CCCCCn1c(SCCS(=O)(=O)Oc2ccccc2)nc2ccccc2c1=O. The molecule has 10 heteroatoms. The minimum Gasteiger partial charge on any atom is -0.382 e. The van der Waals surface area contributed by atoms with Gasteiger partial charge in [-0.05, 0) is 37.1 Å². The maximum absolute atomic E-state index is 13.0. The van der Waals surface area contributed by atoms with Crippen LogP contribution in [-0.2, 0) is 21.5 Å². The number of para-hydroxylation sites is 2. The van der Waals surface area contributed by atoms with E-state index >= 15 is 0 Å². The second kappa shape index (κ2) is 11.1. The number of benzene rings is 2. The average molecular weight is 476 g/mol. The van der Waals surface area contributed by atoms with E-state index in [9.17, 15) is 18.0 Å². The highest BCUT2D eigenvalue weighted by atomic mass is 32.2. The first-order valence-corrected chi connectivity index (χ1v) is 12.8. The number of unbranched alkanes of at least 4 members (excludes halogenated alkanes) is 2. The van der Waals surface area contributed by atoms with Gasteiger partial charge in [-0.25, -0.2) is 4.98 Å². The van der Waals surface area contributed by atoms with Crippen LogP contribution >= 0.6 is 11.8 Å². The number of rotatable bonds is 12. The van der Waals surface area contributed by atoms with Crippen LogP contribution in [0.5, 0.6) is 5.75 Å². The van der Waals surface area contributed by atoms with Crippen LogP contribution in [0.3, 0.4) is 0 Å². The summed E-state index contributed by atoms with van der Waals surface area (Å²) in [6.45, 7) is 0.422. The van der Waals surface area contributed by atoms with Crippen molar-refractivity contribution in [2.24, 2.45) is 5.73 Å². The van der Waals surface area contributed by atoms with E-state index in [1.54, 1.807) is 59.2 Å². The second-order valence-electron chi connectivity index (χ2n) is 7.15. The van der Waals surface area contributed by atoms with Crippen LogP contribution in [0.25, 0.3) is 10.9 Å². The molecule has 0 spiro atoms. The first-order valence-electron chi connectivity index (χ1n) is 10.2. The molecule has 1 amide bonds. The van der Waals surface area contributed by atoms with Gasteiger partial charge in [-0.1, -0.05) is 48.5 Å². The molecule has 0 saturated carbocycles. The van der Waals surface area contributed by atoms with Crippen molar-refractivity contribution >= 4 is 38.7 Å². The molecule has 2 aromatic carbocycles. The fourth-order valence-corrected chi connectivity index (χ4v) is 5.41. The van der Waals surface area contributed by atoms with Crippen molar-refractivity contribution in [3.05, 3.63) is 65.0 Å². The van der Waals surface area contributed by atoms with Crippen molar-refractivity contribution < 1.29 is 17.4 Å². The Labute approximate surface area is 190 Å². The van der Waals surface area contributed by atoms with E-state index < -0.39 is 10.1 Å². The molecule has 3 aromatic rings. The molecule has 0 radical (unpaired) electrons. The van der Waals surface area contributed by atoms with Gasteiger partial charge in [0.25, 0.3) is 5.56 Å². The van der Waals surface area contributed by atoms with Crippen molar-refractivity contribution in [3.63, 3.8) is 0 Å². The summed E-state index contributed by atoms with van der Waals surface area (Å²) in [5, 5.41) is 0.965. The van der Waals surface area contributed by atoms with E-state index in [2.05, 4.69) is 4.98 Å². The Morgan fingerprint density at radius 2 is 1.75 bits per heavy atom. The molecule has 0 aliphatic carbocycles. The smallest absolute Gasteiger partial charge is 0.310 e. The fourth-order valence-electron chi connectivity index (χ4n) is 3.10. The summed E-state index contributed by atoms with van der Waals surface area (Å²) in [5.41, 5.74) is 5.56. The van der Waals surface area contributed by atoms with Gasteiger partial charge in [0.1, 0.15) is 5.75 Å². The third-order valence-corrected chi connectivity index (χ3v) is 7.05. The number of amides is 1. The van der Waals surface area contributed by atoms with Gasteiger partial charge in [-0.2, -0.15) is 8.42 Å². The summed E-state index contributed by atoms with van der Waals surface area (Å²) in [6.07, 6.45) is 2.39. The summed E-state index contributed by atoms with van der Waals surface area (Å²) in [6, 6.07) is 15.4. The number of carbonyl (C=O) groups excluding carboxylic acids is 1. The van der Waals surface area contributed by atoms with Gasteiger partial charge in [-0.3, -0.25) is 14.2 Å². The molecule has 0 aliphatic heterocycles. The molecule has 0 fully saturated rings. The summed E-state index contributed by atoms with van der Waals surface area (Å²) in [7, 11) is -3.78. The van der Waals surface area contributed by atoms with Gasteiger partial charge in [0.2, 0.25) is 5.91 Å². The van der Waals surface area contributed by atoms with E-state index in [4.69, 9.17) is 9.92 Å². The molecular formula is C22H25N3O5S2. The largest absolute Gasteiger partial charge is 0.382 e. The van der Waals surface area contributed by atoms with Crippen LogP contribution in [-0.4, -0.2) is 35.4 Å². The fraction of sp³-hybridized carbons (Fsp3) is 0.318. The Morgan fingerprint density at radius 1 is 1.03 bits per heavy atom. The minimum atomic E-state index is -3.78. The normalized spacial score (nSPS) is 11.5. The quantitative estimate of drug-likeness (QED) is 0.185. The van der Waals surface area contributed by atoms with Crippen LogP contribution in [0.1, 0.15) is 25.7 Å². The number of hydrogen-bond acceptors (Lipinski definition) is 7. The third-order valence-electron chi connectivity index (χ3n) is 4.66. The molecule has 170 valence electrons. The van der Waals surface area contributed by atoms with Crippen LogP contribution in [0, 0.1) is 0 Å². The van der Waals surface area contributed by atoms with Crippen molar-refractivity contribution in [3.8, 4) is 5.75 Å². The van der Waals surface area contributed by atoms with Crippen LogP contribution in [0.2, 0.25) is 0 Å². The Morgan fingerprint density at radius 3 is 2.50 bits per heavy atom. The van der Waals surface area contributed by atoms with Crippen LogP contribution < -0.4 is 15.5 Å². The molecular weight excluding hydrogens is 450 g/mol. The topological polar surface area (TPSA) is 121 Å². The number of aromatic nitrogens is 2. The molecule has 0 atom stereocenters. The number of carbonyl (C=O) groups is 1. The predicted octanol–water partition coefficient (Wildman–Crippen LogP) is 2.94. The van der Waals surface area contributed by atoms with Crippen molar-refractivity contribution in [2.75, 3.05) is 11.5 Å². The molecule has 0 bridgehead atoms. The van der Waals surface area contributed by atoms with Gasteiger partial charge in [0.05, 0.1) is 16.7 Å². The molecule has 3 rings (SSSR count). The van der Waals surface area contributed by atoms with Crippen molar-refractivity contribution in [2.45, 2.75) is 37.4 Å². The van der Waals surface area contributed by atoms with Crippen molar-refractivity contribution in [1.82, 2.24) is 9.55 Å². The Kier molecular flexibility index (Phi) is 8.29. The van der Waals surface area contributed by atoms with E-state index in [0.717, 1.165) is 6.42 Å². The average Bonchev–Trinajstić information content (AvgIpc) is 2.75. The maximum atomic E-state index is 13.0. The van der Waals surface area contributed by atoms with Gasteiger partial charge in [-0.15, -0.1) is 0 Å². The first-order chi connectivity index (χ1) is 15.4. The highest BCUT2D eigenvalue weighted by molar-refractivity contribution is 8.00. The highest BCUT2D eigenvalue weighted by Crippen LogP contribution is 2.20. The van der Waals surface area contributed by atoms with Crippen LogP contribution in [0.4, 0.5) is 0 Å². The summed E-state index contributed by atoms with van der Waals surface area (Å²) >= 11 is 1.20. The molecule has 1 aromatic heterocycles. The summed E-state index contributed by atoms with van der Waals surface area (Å²) in [4.78, 5) is 28.5. The standard InChI is InChI=1S/C22H25N3O5S2/c23-20(26)13-5-2-8-14-25-21(27)18-11-6-7-12-19(18)24-22(25)31-15-16-32(28,29)30-17-9-3-1-4-10-17/h1,3-4,6-7,9-12H,2,5,8,13-16H2,(H2,23,26). The minimum absolute atomic E-state index is 0.170.